The number of carbonyl (C=O) groups is 2. The molecule has 1 aliphatic rings. The first-order chi connectivity index (χ1) is 17.0. The number of hydrogen-bond acceptors (Lipinski definition) is 6. The summed E-state index contributed by atoms with van der Waals surface area (Å²) < 4.78 is 18.9. The number of amides is 2. The fraction of sp³-hybridized carbons (Fsp3) is 0.400. The van der Waals surface area contributed by atoms with Crippen LogP contribution in [0.5, 0.6) is 5.75 Å². The molecule has 2 aromatic carbocycles. The molecule has 2 amide bonds. The minimum absolute atomic E-state index is 0.130. The second kappa shape index (κ2) is 11.5. The summed E-state index contributed by atoms with van der Waals surface area (Å²) >= 11 is 0. The van der Waals surface area contributed by atoms with E-state index >= 15 is 0 Å². The van der Waals surface area contributed by atoms with Gasteiger partial charge in [-0.15, -0.1) is 10.2 Å². The molecule has 1 aromatic heterocycles. The van der Waals surface area contributed by atoms with Crippen molar-refractivity contribution < 1.29 is 18.7 Å². The number of rotatable bonds is 9. The van der Waals surface area contributed by atoms with E-state index in [2.05, 4.69) is 20.7 Å². The molecule has 184 valence electrons. The van der Waals surface area contributed by atoms with Crippen LogP contribution < -0.4 is 15.0 Å². The second-order valence-corrected chi connectivity index (χ2v) is 8.43. The lowest BCUT2D eigenvalue weighted by Gasteiger charge is -2.27. The van der Waals surface area contributed by atoms with E-state index in [0.29, 0.717) is 23.6 Å². The smallest absolute Gasteiger partial charge is 0.251 e. The third kappa shape index (κ3) is 6.40. The maximum atomic E-state index is 13.4. The van der Waals surface area contributed by atoms with Crippen molar-refractivity contribution >= 4 is 17.5 Å². The van der Waals surface area contributed by atoms with Gasteiger partial charge in [-0.2, -0.15) is 4.80 Å². The molecule has 0 saturated heterocycles. The van der Waals surface area contributed by atoms with Gasteiger partial charge < -0.3 is 10.1 Å². The fourth-order valence-corrected chi connectivity index (χ4v) is 4.16. The van der Waals surface area contributed by atoms with Gasteiger partial charge in [0.2, 0.25) is 11.7 Å². The van der Waals surface area contributed by atoms with Gasteiger partial charge in [0, 0.05) is 11.6 Å². The van der Waals surface area contributed by atoms with Crippen LogP contribution in [0.15, 0.2) is 48.5 Å². The highest BCUT2D eigenvalue weighted by molar-refractivity contribution is 5.99. The first kappa shape index (κ1) is 24.3. The lowest BCUT2D eigenvalue weighted by molar-refractivity contribution is -0.124. The highest BCUT2D eigenvalue weighted by atomic mass is 19.1. The zero-order chi connectivity index (χ0) is 24.6. The maximum absolute atomic E-state index is 13.4. The van der Waals surface area contributed by atoms with E-state index in [1.54, 1.807) is 30.3 Å². The maximum Gasteiger partial charge on any atom is 0.251 e. The Morgan fingerprint density at radius 3 is 2.60 bits per heavy atom. The number of hydrogen-bond donors (Lipinski definition) is 1. The first-order valence-electron chi connectivity index (χ1n) is 11.9. The van der Waals surface area contributed by atoms with Crippen LogP contribution in [0, 0.1) is 5.82 Å². The molecule has 1 aliphatic carbocycles. The molecule has 0 radical (unpaired) electrons. The molecule has 1 saturated carbocycles. The van der Waals surface area contributed by atoms with Crippen LogP contribution in [0.4, 0.5) is 10.1 Å². The summed E-state index contributed by atoms with van der Waals surface area (Å²) in [4.78, 5) is 28.9. The molecule has 0 atom stereocenters. The Morgan fingerprint density at radius 1 is 1.11 bits per heavy atom. The third-order valence-corrected chi connectivity index (χ3v) is 5.86. The Morgan fingerprint density at radius 2 is 1.86 bits per heavy atom. The summed E-state index contributed by atoms with van der Waals surface area (Å²) in [5, 5.41) is 15.3. The van der Waals surface area contributed by atoms with Crippen LogP contribution in [0.25, 0.3) is 11.4 Å². The number of carbonyl (C=O) groups excluding carboxylic acids is 2. The van der Waals surface area contributed by atoms with Gasteiger partial charge in [-0.3, -0.25) is 14.5 Å². The standard InChI is InChI=1S/C25H29FN6O3/c1-2-35-22-11-7-6-10-21(22)31(16-23(33)27-20-8-4-3-5-9-20)24(34)17-32-29-25(28-30-32)18-12-14-19(26)15-13-18/h6-7,10-15,20H,2-5,8-9,16-17H2,1H3,(H,27,33). The van der Waals surface area contributed by atoms with Crippen molar-refractivity contribution in [1.82, 2.24) is 25.5 Å². The molecular weight excluding hydrogens is 451 g/mol. The molecule has 1 heterocycles. The minimum Gasteiger partial charge on any atom is -0.492 e. The second-order valence-electron chi connectivity index (χ2n) is 8.43. The molecule has 10 heteroatoms. The monoisotopic (exact) mass is 480 g/mol. The van der Waals surface area contributed by atoms with Crippen LogP contribution in [-0.4, -0.2) is 51.2 Å². The number of tetrazole rings is 1. The molecule has 0 unspecified atom stereocenters. The highest BCUT2D eigenvalue weighted by Gasteiger charge is 2.25. The third-order valence-electron chi connectivity index (χ3n) is 5.86. The predicted octanol–water partition coefficient (Wildman–Crippen LogP) is 3.36. The van der Waals surface area contributed by atoms with Crippen LogP contribution >= 0.6 is 0 Å². The average Bonchev–Trinajstić information content (AvgIpc) is 3.32. The van der Waals surface area contributed by atoms with Gasteiger partial charge in [-0.05, 0) is 61.4 Å². The number of benzene rings is 2. The Balaban J connectivity index is 1.53. The molecule has 0 bridgehead atoms. The zero-order valence-electron chi connectivity index (χ0n) is 19.7. The largest absolute Gasteiger partial charge is 0.492 e. The number of nitrogens with one attached hydrogen (secondary N) is 1. The number of para-hydroxylation sites is 2. The van der Waals surface area contributed by atoms with Crippen LogP contribution in [-0.2, 0) is 16.1 Å². The van der Waals surface area contributed by atoms with E-state index < -0.39 is 0 Å². The van der Waals surface area contributed by atoms with Gasteiger partial charge in [-0.1, -0.05) is 31.4 Å². The fourth-order valence-electron chi connectivity index (χ4n) is 4.16. The molecular formula is C25H29FN6O3. The van der Waals surface area contributed by atoms with Crippen molar-refractivity contribution in [2.75, 3.05) is 18.1 Å². The summed E-state index contributed by atoms with van der Waals surface area (Å²) in [6.07, 6.45) is 5.27. The van der Waals surface area contributed by atoms with Crippen molar-refractivity contribution in [2.24, 2.45) is 0 Å². The Kier molecular flexibility index (Phi) is 8.02. The summed E-state index contributed by atoms with van der Waals surface area (Å²) in [5.41, 5.74) is 1.08. The summed E-state index contributed by atoms with van der Waals surface area (Å²) in [6, 6.07) is 12.9. The van der Waals surface area contributed by atoms with Gasteiger partial charge in [0.1, 0.15) is 24.7 Å². The molecule has 35 heavy (non-hydrogen) atoms. The highest BCUT2D eigenvalue weighted by Crippen LogP contribution is 2.28. The van der Waals surface area contributed by atoms with E-state index in [9.17, 15) is 14.0 Å². The molecule has 3 aromatic rings. The summed E-state index contributed by atoms with van der Waals surface area (Å²) in [5.74, 6) is -0.206. The van der Waals surface area contributed by atoms with Crippen molar-refractivity contribution in [3.8, 4) is 17.1 Å². The van der Waals surface area contributed by atoms with Crippen molar-refractivity contribution in [3.63, 3.8) is 0 Å². The van der Waals surface area contributed by atoms with Crippen LogP contribution in [0.3, 0.4) is 0 Å². The minimum atomic E-state index is -0.390. The molecule has 1 N–H and O–H groups in total. The van der Waals surface area contributed by atoms with Gasteiger partial charge in [0.25, 0.3) is 5.91 Å². The number of ether oxygens (including phenoxy) is 1. The van der Waals surface area contributed by atoms with Crippen LogP contribution in [0.2, 0.25) is 0 Å². The molecule has 4 rings (SSSR count). The lowest BCUT2D eigenvalue weighted by atomic mass is 9.95. The number of nitrogens with zero attached hydrogens (tertiary/aromatic N) is 5. The number of anilines is 1. The van der Waals surface area contributed by atoms with Gasteiger partial charge in [-0.25, -0.2) is 4.39 Å². The Bertz CT molecular complexity index is 1140. The van der Waals surface area contributed by atoms with E-state index in [1.165, 1.54) is 23.5 Å². The van der Waals surface area contributed by atoms with Gasteiger partial charge in [0.15, 0.2) is 0 Å². The predicted molar refractivity (Wildman–Crippen MR) is 128 cm³/mol. The van der Waals surface area contributed by atoms with Crippen molar-refractivity contribution in [1.29, 1.82) is 0 Å². The average molecular weight is 481 g/mol. The molecule has 0 spiro atoms. The molecule has 0 aliphatic heterocycles. The quantitative estimate of drug-likeness (QED) is 0.504. The summed E-state index contributed by atoms with van der Waals surface area (Å²) in [6.45, 7) is 1.89. The number of aromatic nitrogens is 4. The first-order valence-corrected chi connectivity index (χ1v) is 11.9. The SMILES string of the molecule is CCOc1ccccc1N(CC(=O)NC1CCCCC1)C(=O)Cn1nnc(-c2ccc(F)cc2)n1. The van der Waals surface area contributed by atoms with Crippen LogP contribution in [0.1, 0.15) is 39.0 Å². The zero-order valence-corrected chi connectivity index (χ0v) is 19.7. The molecule has 9 nitrogen and oxygen atoms in total. The van der Waals surface area contributed by atoms with Gasteiger partial charge in [0.05, 0.1) is 12.3 Å². The van der Waals surface area contributed by atoms with Crippen molar-refractivity contribution in [3.05, 3.63) is 54.3 Å². The lowest BCUT2D eigenvalue weighted by Crippen LogP contribution is -2.46. The normalized spacial score (nSPS) is 13.9. The van der Waals surface area contributed by atoms with Gasteiger partial charge >= 0.3 is 0 Å². The van der Waals surface area contributed by atoms with E-state index in [-0.39, 0.29) is 42.6 Å². The Hall–Kier alpha value is -3.82. The van der Waals surface area contributed by atoms with E-state index in [1.807, 2.05) is 13.0 Å². The molecule has 1 fully saturated rings. The Labute approximate surface area is 203 Å². The summed E-state index contributed by atoms with van der Waals surface area (Å²) in [7, 11) is 0. The van der Waals surface area contributed by atoms with Crippen molar-refractivity contribution in [2.45, 2.75) is 51.6 Å². The van der Waals surface area contributed by atoms with E-state index in [0.717, 1.165) is 30.5 Å². The number of halogens is 1. The van der Waals surface area contributed by atoms with E-state index in [4.69, 9.17) is 4.74 Å². The topological polar surface area (TPSA) is 102 Å².